The van der Waals surface area contributed by atoms with Crippen molar-refractivity contribution in [3.05, 3.63) is 78.5 Å². The monoisotopic (exact) mass is 1740 g/mol. The van der Waals surface area contributed by atoms with Crippen molar-refractivity contribution in [3.63, 3.8) is 0 Å². The van der Waals surface area contributed by atoms with Crippen molar-refractivity contribution in [1.29, 1.82) is 0 Å². The third-order valence-electron chi connectivity index (χ3n) is 22.8. The molecule has 0 radical (unpaired) electrons. The van der Waals surface area contributed by atoms with E-state index in [9.17, 15) is 53.7 Å². The molecule has 4 aromatic heterocycles. The Balaban J connectivity index is 0.632. The Bertz CT molecular complexity index is 4120. The largest absolute Gasteiger partial charge is 0.459 e. The number of nitrogen functional groups attached to an aromatic ring is 1. The maximum Gasteiger partial charge on any atom is 0.407 e. The van der Waals surface area contributed by atoms with E-state index in [2.05, 4.69) is 35.9 Å². The highest BCUT2D eigenvalue weighted by molar-refractivity contribution is 6.39. The summed E-state index contributed by atoms with van der Waals surface area (Å²) in [5.41, 5.74) is 17.2. The first-order valence-electron chi connectivity index (χ1n) is 43.7. The van der Waals surface area contributed by atoms with E-state index in [0.717, 1.165) is 39.9 Å². The van der Waals surface area contributed by atoms with Crippen LogP contribution in [0, 0.1) is 29.6 Å². The standard InChI is InChI=1S/C88H134N12O24/c1-57-16-10-9-11-17-58(2)71(112-7)53-66-21-19-62(6)88(111,124-66)81(107)85(108)99-30-14-12-18-68(99)86(109)122-72(54-69(101)59(3)49-61(5)79(105)80(106)78(104)60(4)48-57)67(89)50-63-20-22-70(73(51-63)113-8)123-87(110)94-29-35-117-39-43-121-47-45-119-41-37-115-33-25-75(103)92-28-34-116-38-42-120-46-44-118-40-36-114-32-24-74(102)91-26-13-15-31-100-84-76(82(90)96-56-97-84)77(98-100)65-52-64-23-27-93-83(64)95-55-65/h9-11,16-17,23,27,49,52,55-57,59-60,62-63,66-68,70-73,79-80,105-106,111H,12-15,18-22,24-26,28-48,50-51,53-54,89H2,1-8H3,(H,91,102)(H,92,103)(H,93,95)(H,94,110)(H2,90,96,97)/b11-9+,16-10+,58-17+,61-49+/t57-,59-,60-,62-,63+,66+,67-,68+,70-,71+,72+,73-,79-,80+,88-/m1/s1. The maximum atomic E-state index is 14.6. The lowest BCUT2D eigenvalue weighted by Crippen LogP contribution is -2.61. The number of methoxy groups -OCH3 is 2. The van der Waals surface area contributed by atoms with Gasteiger partial charge in [-0.1, -0.05) is 64.2 Å². The second kappa shape index (κ2) is 53.9. The van der Waals surface area contributed by atoms with Crippen LogP contribution in [0.5, 0.6) is 0 Å². The molecule has 0 aromatic carbocycles. The van der Waals surface area contributed by atoms with Crippen molar-refractivity contribution in [2.75, 3.05) is 152 Å². The van der Waals surface area contributed by atoms with Crippen LogP contribution in [0.25, 0.3) is 33.3 Å². The predicted molar refractivity (Wildman–Crippen MR) is 457 cm³/mol. The van der Waals surface area contributed by atoms with Gasteiger partial charge in [0.1, 0.15) is 59.7 Å². The molecule has 36 heteroatoms. The Kier molecular flexibility index (Phi) is 43.9. The molecule has 4 amide bonds. The molecule has 4 aromatic rings. The van der Waals surface area contributed by atoms with Crippen molar-refractivity contribution >= 4 is 75.0 Å². The van der Waals surface area contributed by atoms with Crippen LogP contribution in [-0.4, -0.2) is 304 Å². The van der Waals surface area contributed by atoms with E-state index in [1.165, 1.54) is 26.4 Å². The van der Waals surface area contributed by atoms with Gasteiger partial charge in [-0.25, -0.2) is 29.2 Å². The zero-order chi connectivity index (χ0) is 89.3. The van der Waals surface area contributed by atoms with E-state index in [-0.39, 0.29) is 107 Å². The molecule has 15 atom stereocenters. The summed E-state index contributed by atoms with van der Waals surface area (Å²) in [6.07, 6.45) is 13.6. The van der Waals surface area contributed by atoms with Crippen molar-refractivity contribution in [3.8, 4) is 11.3 Å². The van der Waals surface area contributed by atoms with Gasteiger partial charge >= 0.3 is 12.1 Å². The summed E-state index contributed by atoms with van der Waals surface area (Å²) in [7, 11) is 3.05. The van der Waals surface area contributed by atoms with Gasteiger partial charge in [0, 0.05) is 120 Å². The van der Waals surface area contributed by atoms with E-state index in [0.29, 0.717) is 166 Å². The summed E-state index contributed by atoms with van der Waals surface area (Å²) in [4.78, 5) is 126. The number of aliphatic hydroxyl groups excluding tert-OH is 2. The minimum Gasteiger partial charge on any atom is -0.459 e. The number of aromatic nitrogens is 6. The number of ether oxygens (including phenoxy) is 13. The molecule has 3 fully saturated rings. The molecule has 690 valence electrons. The van der Waals surface area contributed by atoms with Crippen molar-refractivity contribution < 1.29 is 115 Å². The first-order valence-corrected chi connectivity index (χ1v) is 43.7. The normalized spacial score (nSPS) is 26.7. The average Bonchev–Trinajstić information content (AvgIpc) is 1.10. The fourth-order valence-electron chi connectivity index (χ4n) is 15.6. The minimum atomic E-state index is -2.51. The number of ketones is 3. The lowest BCUT2D eigenvalue weighted by molar-refractivity contribution is -0.265. The molecule has 7 heterocycles. The summed E-state index contributed by atoms with van der Waals surface area (Å²) in [6.45, 7) is 16.8. The van der Waals surface area contributed by atoms with Crippen LogP contribution in [0.2, 0.25) is 0 Å². The Morgan fingerprint density at radius 3 is 1.98 bits per heavy atom. The summed E-state index contributed by atoms with van der Waals surface area (Å²) in [6, 6.07) is 1.69. The Hall–Kier alpha value is -8.44. The number of aryl methyl sites for hydroxylation is 1. The van der Waals surface area contributed by atoms with Crippen molar-refractivity contribution in [1.82, 2.24) is 50.6 Å². The number of esters is 1. The van der Waals surface area contributed by atoms with Gasteiger partial charge in [-0.05, 0) is 126 Å². The van der Waals surface area contributed by atoms with Gasteiger partial charge in [0.05, 0.1) is 129 Å². The number of rotatable bonds is 42. The number of pyridine rings is 1. The Morgan fingerprint density at radius 1 is 0.694 bits per heavy atom. The van der Waals surface area contributed by atoms with E-state index in [1.54, 1.807) is 34.1 Å². The number of carbonyl (C=O) groups is 8. The molecule has 2 saturated heterocycles. The number of aliphatic hydroxyl groups is 3. The molecule has 11 N–H and O–H groups in total. The van der Waals surface area contributed by atoms with Gasteiger partial charge in [0.2, 0.25) is 17.6 Å². The highest BCUT2D eigenvalue weighted by atomic mass is 16.6. The maximum absolute atomic E-state index is 14.6. The van der Waals surface area contributed by atoms with Crippen LogP contribution in [0.3, 0.4) is 0 Å². The van der Waals surface area contributed by atoms with Gasteiger partial charge in [0.15, 0.2) is 11.4 Å². The quantitative estimate of drug-likeness (QED) is 0.0109. The fourth-order valence-corrected chi connectivity index (χ4v) is 15.6. The number of alkyl carbamates (subject to hydrolysis) is 1. The molecule has 36 nitrogen and oxygen atoms in total. The molecule has 1 aliphatic carbocycles. The number of nitrogens with two attached hydrogens (primary N) is 2. The number of fused-ring (bicyclic) bond motifs is 5. The van der Waals surface area contributed by atoms with E-state index in [1.807, 2.05) is 67.2 Å². The van der Waals surface area contributed by atoms with Crippen LogP contribution in [0.15, 0.2) is 78.5 Å². The van der Waals surface area contributed by atoms with Crippen LogP contribution in [0.4, 0.5) is 10.6 Å². The minimum absolute atomic E-state index is 0.00554. The third-order valence-corrected chi connectivity index (χ3v) is 22.8. The number of nitrogens with zero attached hydrogens (tertiary/aromatic N) is 6. The van der Waals surface area contributed by atoms with Gasteiger partial charge < -0.3 is 114 Å². The number of hydrogen-bond acceptors (Lipinski definition) is 30. The Labute approximate surface area is 726 Å². The average molecular weight is 1740 g/mol. The smallest absolute Gasteiger partial charge is 0.407 e. The number of allylic oxidation sites excluding steroid dienone is 6. The highest BCUT2D eigenvalue weighted by Gasteiger charge is 2.53. The van der Waals surface area contributed by atoms with E-state index >= 15 is 0 Å². The zero-order valence-electron chi connectivity index (χ0n) is 73.3. The number of H-pyrrole nitrogens is 1. The number of aromatic amines is 1. The second-order valence-corrected chi connectivity index (χ2v) is 32.3. The third kappa shape index (κ3) is 32.5. The topological polar surface area (TPSA) is 481 Å². The number of unbranched alkanes of at least 4 members (excludes halogenated alkanes) is 1. The lowest BCUT2D eigenvalue weighted by Gasteiger charge is -2.42. The number of carbonyl (C=O) groups excluding carboxylic acids is 8. The first kappa shape index (κ1) is 101. The fraction of sp³-hybridized carbons (Fsp3) is 0.682. The van der Waals surface area contributed by atoms with Gasteiger partial charge in [-0.3, -0.25) is 28.8 Å². The summed E-state index contributed by atoms with van der Waals surface area (Å²) in [5.74, 6) is -9.25. The molecule has 124 heavy (non-hydrogen) atoms. The van der Waals surface area contributed by atoms with Gasteiger partial charge in [-0.2, -0.15) is 5.10 Å². The molecule has 0 spiro atoms. The molecule has 2 bridgehead atoms. The lowest BCUT2D eigenvalue weighted by atomic mass is 9.80. The summed E-state index contributed by atoms with van der Waals surface area (Å²) in [5, 5.41) is 49.5. The van der Waals surface area contributed by atoms with Crippen LogP contribution in [0.1, 0.15) is 144 Å². The highest BCUT2D eigenvalue weighted by Crippen LogP contribution is 2.38. The predicted octanol–water partition coefficient (Wildman–Crippen LogP) is 5.84. The first-order chi connectivity index (χ1) is 59.8. The number of amides is 4. The van der Waals surface area contributed by atoms with Crippen LogP contribution >= 0.6 is 0 Å². The van der Waals surface area contributed by atoms with E-state index in [4.69, 9.17) is 78.1 Å². The van der Waals surface area contributed by atoms with Gasteiger partial charge in [-0.15, -0.1) is 0 Å². The van der Waals surface area contributed by atoms with Crippen LogP contribution < -0.4 is 27.4 Å². The molecule has 1 saturated carbocycles. The van der Waals surface area contributed by atoms with E-state index < -0.39 is 120 Å². The van der Waals surface area contributed by atoms with Crippen molar-refractivity contribution in [2.45, 2.75) is 211 Å². The molecule has 4 aliphatic rings. The SMILES string of the molecule is CO[C@H]1C[C@@H]2CC[C@@H](C)[C@@](O)(O2)C(=O)C(=O)N2CCCC[C@H]2C(=O)O[C@H]([C@H](N)C[C@@H]2CC[C@@H](OC(=O)NCCOCCOCCOCCOCCC(=O)NCCOCCOCCOCCOCCC(=O)NCCCCn3nc(-c4cnc5[nH]ccc5c4)c4c(N)ncnc43)[C@H](OC)C2)CC(=O)[C@H](C)/C=C(\C)[C@@H](O)[C@@H](O)C(=O)[C@H](C)C[C@H](C)/C=C/C=C/C=C/1C. The number of hydrogen-bond donors (Lipinski definition) is 9. The second-order valence-electron chi connectivity index (χ2n) is 32.3. The molecule has 3 aliphatic heterocycles. The summed E-state index contributed by atoms with van der Waals surface area (Å²) < 4.78 is 76.3. The number of anilines is 1. The number of cyclic esters (lactones) is 1. The molecular formula is C88H134N12O24. The Morgan fingerprint density at radius 2 is 1.33 bits per heavy atom. The number of Topliss-reactive ketones (excluding diaryl/α,β-unsaturated/α-hetero) is 3. The molecule has 8 rings (SSSR count). The zero-order valence-corrected chi connectivity index (χ0v) is 73.3. The van der Waals surface area contributed by atoms with Crippen LogP contribution in [-0.2, 0) is 102 Å². The number of piperidine rings is 1. The molecular weight excluding hydrogens is 1610 g/mol. The summed E-state index contributed by atoms with van der Waals surface area (Å²) >= 11 is 0. The molecule has 0 unspecified atom stereocenters. The van der Waals surface area contributed by atoms with Gasteiger partial charge in [0.25, 0.3) is 11.7 Å². The number of nitrogens with one attached hydrogen (secondary N) is 4. The van der Waals surface area contributed by atoms with Crippen molar-refractivity contribution in [2.24, 2.45) is 35.3 Å².